The van der Waals surface area contributed by atoms with Crippen LogP contribution >= 0.6 is 31.9 Å². The molecule has 100 valence electrons. The van der Waals surface area contributed by atoms with Gasteiger partial charge in [-0.05, 0) is 40.0 Å². The molecule has 1 unspecified atom stereocenters. The van der Waals surface area contributed by atoms with E-state index in [1.54, 1.807) is 18.2 Å². The first-order valence-electron chi connectivity index (χ1n) is 5.51. The zero-order chi connectivity index (χ0) is 14.0. The maximum atomic E-state index is 13.9. The molecule has 0 N–H and O–H groups in total. The number of hydrogen-bond donors (Lipinski definition) is 0. The summed E-state index contributed by atoms with van der Waals surface area (Å²) in [6.45, 7) is 0. The lowest BCUT2D eigenvalue weighted by atomic mass is 10.0. The van der Waals surface area contributed by atoms with Crippen LogP contribution in [0.25, 0.3) is 0 Å². The Kier molecular flexibility index (Phi) is 4.68. The van der Waals surface area contributed by atoms with Crippen molar-refractivity contribution in [3.63, 3.8) is 0 Å². The van der Waals surface area contributed by atoms with Crippen LogP contribution in [0.5, 0.6) is 0 Å². The van der Waals surface area contributed by atoms with Gasteiger partial charge in [0.15, 0.2) is 0 Å². The Labute approximate surface area is 125 Å². The molecule has 0 heterocycles. The second kappa shape index (κ2) is 6.09. The van der Waals surface area contributed by atoms with Crippen molar-refractivity contribution in [2.24, 2.45) is 0 Å². The van der Waals surface area contributed by atoms with E-state index in [0.717, 1.165) is 6.07 Å². The van der Waals surface area contributed by atoms with Gasteiger partial charge in [-0.2, -0.15) is 0 Å². The van der Waals surface area contributed by atoms with Crippen molar-refractivity contribution in [1.82, 2.24) is 0 Å². The average Bonchev–Trinajstić information content (AvgIpc) is 2.36. The van der Waals surface area contributed by atoms with Gasteiger partial charge in [-0.25, -0.2) is 13.2 Å². The van der Waals surface area contributed by atoms with Crippen molar-refractivity contribution < 1.29 is 13.2 Å². The summed E-state index contributed by atoms with van der Waals surface area (Å²) < 4.78 is 40.6. The lowest BCUT2D eigenvalue weighted by Gasteiger charge is -2.12. The fourth-order valence-corrected chi connectivity index (χ4v) is 2.84. The number of benzene rings is 2. The molecule has 0 aliphatic heterocycles. The van der Waals surface area contributed by atoms with Crippen LogP contribution in [-0.4, -0.2) is 0 Å². The van der Waals surface area contributed by atoms with E-state index in [2.05, 4.69) is 31.9 Å². The van der Waals surface area contributed by atoms with Gasteiger partial charge in [0.2, 0.25) is 0 Å². The maximum absolute atomic E-state index is 13.9. The van der Waals surface area contributed by atoms with E-state index in [4.69, 9.17) is 0 Å². The van der Waals surface area contributed by atoms with Gasteiger partial charge in [-0.1, -0.05) is 34.1 Å². The zero-order valence-electron chi connectivity index (χ0n) is 9.64. The molecule has 0 saturated heterocycles. The minimum atomic E-state index is -0.625. The summed E-state index contributed by atoms with van der Waals surface area (Å²) in [6.07, 6.45) is 0.236. The molecule has 0 fully saturated rings. The highest BCUT2D eigenvalue weighted by molar-refractivity contribution is 9.10. The molecule has 0 nitrogen and oxygen atoms in total. The topological polar surface area (TPSA) is 0 Å². The summed E-state index contributed by atoms with van der Waals surface area (Å²) in [7, 11) is 0. The summed E-state index contributed by atoms with van der Waals surface area (Å²) in [4.78, 5) is -0.384. The van der Waals surface area contributed by atoms with Crippen LogP contribution in [0.15, 0.2) is 40.9 Å². The Balaban J connectivity index is 2.25. The van der Waals surface area contributed by atoms with Crippen LogP contribution in [-0.2, 0) is 6.42 Å². The van der Waals surface area contributed by atoms with E-state index in [9.17, 15) is 13.2 Å². The van der Waals surface area contributed by atoms with E-state index < -0.39 is 11.6 Å². The van der Waals surface area contributed by atoms with Gasteiger partial charge in [0.25, 0.3) is 0 Å². The van der Waals surface area contributed by atoms with E-state index in [0.29, 0.717) is 15.6 Å². The van der Waals surface area contributed by atoms with Crippen LogP contribution < -0.4 is 0 Å². The van der Waals surface area contributed by atoms with Crippen LogP contribution in [0, 0.1) is 17.5 Å². The van der Waals surface area contributed by atoms with Crippen LogP contribution in [0.1, 0.15) is 16.0 Å². The molecule has 2 rings (SSSR count). The van der Waals surface area contributed by atoms with Gasteiger partial charge in [0.1, 0.15) is 17.5 Å². The third-order valence-corrected chi connectivity index (χ3v) is 4.16. The lowest BCUT2D eigenvalue weighted by Crippen LogP contribution is -2.01. The molecule has 0 radical (unpaired) electrons. The zero-order valence-corrected chi connectivity index (χ0v) is 12.8. The first kappa shape index (κ1) is 14.6. The molecular formula is C14H9Br2F3. The Morgan fingerprint density at radius 1 is 1.05 bits per heavy atom. The fraction of sp³-hybridized carbons (Fsp3) is 0.143. The third-order valence-electron chi connectivity index (χ3n) is 2.73. The summed E-state index contributed by atoms with van der Waals surface area (Å²) in [5.74, 6) is -1.63. The lowest BCUT2D eigenvalue weighted by molar-refractivity contribution is 0.567. The normalized spacial score (nSPS) is 12.5. The molecule has 0 spiro atoms. The van der Waals surface area contributed by atoms with Crippen molar-refractivity contribution in [2.75, 3.05) is 0 Å². The molecule has 2 aromatic carbocycles. The first-order valence-corrected chi connectivity index (χ1v) is 7.22. The molecule has 0 amide bonds. The van der Waals surface area contributed by atoms with Gasteiger partial charge in [-0.3, -0.25) is 0 Å². The van der Waals surface area contributed by atoms with Crippen molar-refractivity contribution in [1.29, 1.82) is 0 Å². The highest BCUT2D eigenvalue weighted by atomic mass is 79.9. The fourth-order valence-electron chi connectivity index (χ4n) is 1.75. The Morgan fingerprint density at radius 3 is 2.47 bits per heavy atom. The molecule has 0 saturated carbocycles. The molecular weight excluding hydrogens is 385 g/mol. The monoisotopic (exact) mass is 392 g/mol. The number of halogens is 5. The number of rotatable bonds is 3. The molecule has 5 heteroatoms. The summed E-state index contributed by atoms with van der Waals surface area (Å²) >= 11 is 6.44. The van der Waals surface area contributed by atoms with E-state index in [1.807, 2.05) is 0 Å². The highest BCUT2D eigenvalue weighted by Crippen LogP contribution is 2.32. The minimum absolute atomic E-state index is 0.236. The quantitative estimate of drug-likeness (QED) is 0.600. The van der Waals surface area contributed by atoms with Crippen molar-refractivity contribution >= 4 is 31.9 Å². The molecule has 0 bridgehead atoms. The maximum Gasteiger partial charge on any atom is 0.141 e. The van der Waals surface area contributed by atoms with Crippen LogP contribution in [0.4, 0.5) is 13.2 Å². The summed E-state index contributed by atoms with van der Waals surface area (Å²) in [6, 6.07) is 8.31. The van der Waals surface area contributed by atoms with Gasteiger partial charge < -0.3 is 0 Å². The molecule has 0 aromatic heterocycles. The van der Waals surface area contributed by atoms with Crippen LogP contribution in [0.3, 0.4) is 0 Å². The Bertz CT molecular complexity index is 599. The number of alkyl halides is 1. The molecule has 0 aliphatic carbocycles. The molecule has 0 aliphatic rings. The minimum Gasteiger partial charge on any atom is -0.207 e. The standard InChI is InChI=1S/C14H9Br2F3/c15-11-3-1-2-10(14(11)19)12(16)6-8-4-5-9(17)7-13(8)18/h1-5,7,12H,6H2. The van der Waals surface area contributed by atoms with Crippen molar-refractivity contribution in [3.8, 4) is 0 Å². The second-order valence-corrected chi connectivity index (χ2v) is 6.01. The van der Waals surface area contributed by atoms with E-state index in [1.165, 1.54) is 12.1 Å². The van der Waals surface area contributed by atoms with Gasteiger partial charge >= 0.3 is 0 Å². The molecule has 2 aromatic rings. The van der Waals surface area contributed by atoms with Crippen molar-refractivity contribution in [2.45, 2.75) is 11.2 Å². The third kappa shape index (κ3) is 3.39. The Morgan fingerprint density at radius 2 is 1.79 bits per heavy atom. The van der Waals surface area contributed by atoms with Gasteiger partial charge in [0.05, 0.1) is 4.47 Å². The van der Waals surface area contributed by atoms with Crippen molar-refractivity contribution in [3.05, 3.63) is 69.4 Å². The SMILES string of the molecule is Fc1ccc(CC(Br)c2cccc(Br)c2F)c(F)c1. The number of hydrogen-bond acceptors (Lipinski definition) is 0. The van der Waals surface area contributed by atoms with Crippen LogP contribution in [0.2, 0.25) is 0 Å². The van der Waals surface area contributed by atoms with E-state index in [-0.39, 0.29) is 17.1 Å². The highest BCUT2D eigenvalue weighted by Gasteiger charge is 2.17. The molecule has 19 heavy (non-hydrogen) atoms. The van der Waals surface area contributed by atoms with E-state index >= 15 is 0 Å². The summed E-state index contributed by atoms with van der Waals surface area (Å²) in [5, 5.41) is 0. The Hall–Kier alpha value is -0.810. The summed E-state index contributed by atoms with van der Waals surface area (Å²) in [5.41, 5.74) is 0.765. The second-order valence-electron chi connectivity index (χ2n) is 4.05. The van der Waals surface area contributed by atoms with Gasteiger partial charge in [-0.15, -0.1) is 0 Å². The predicted molar refractivity (Wildman–Crippen MR) is 75.8 cm³/mol. The largest absolute Gasteiger partial charge is 0.207 e. The van der Waals surface area contributed by atoms with Gasteiger partial charge in [0, 0.05) is 16.5 Å². The molecule has 1 atom stereocenters. The average molecular weight is 394 g/mol. The first-order chi connectivity index (χ1) is 8.99. The smallest absolute Gasteiger partial charge is 0.141 e. The predicted octanol–water partition coefficient (Wildman–Crippen LogP) is 5.55.